The molecule has 2 heterocycles. The van der Waals surface area contributed by atoms with Gasteiger partial charge in [0.15, 0.2) is 0 Å². The molecule has 23 heavy (non-hydrogen) atoms. The summed E-state index contributed by atoms with van der Waals surface area (Å²) < 4.78 is 11.3. The largest absolute Gasteiger partial charge is 0.457 e. The molecule has 3 rings (SSSR count). The molecule has 0 radical (unpaired) electrons. The van der Waals surface area contributed by atoms with Crippen molar-refractivity contribution in [3.63, 3.8) is 0 Å². The number of hydrogen-bond acceptors (Lipinski definition) is 5. The molecule has 0 aliphatic heterocycles. The van der Waals surface area contributed by atoms with Gasteiger partial charge in [0.1, 0.15) is 12.4 Å². The first-order valence-electron chi connectivity index (χ1n) is 7.00. The second-order valence-electron chi connectivity index (χ2n) is 5.02. The maximum Gasteiger partial charge on any atom is 0.331 e. The van der Waals surface area contributed by atoms with Gasteiger partial charge in [0.05, 0.1) is 16.3 Å². The Bertz CT molecular complexity index is 875. The fraction of sp³-hybridized carbons (Fsp3) is 0.176. The number of ether oxygens (including phenoxy) is 1. The van der Waals surface area contributed by atoms with Crippen LogP contribution in [0.5, 0.6) is 0 Å². The van der Waals surface area contributed by atoms with E-state index in [1.807, 2.05) is 31.2 Å². The second kappa shape index (κ2) is 6.56. The van der Waals surface area contributed by atoms with Crippen LogP contribution in [-0.2, 0) is 16.1 Å². The van der Waals surface area contributed by atoms with E-state index in [2.05, 4.69) is 5.16 Å². The van der Waals surface area contributed by atoms with E-state index >= 15 is 0 Å². The highest BCUT2D eigenvalue weighted by molar-refractivity contribution is 7.20. The van der Waals surface area contributed by atoms with Crippen molar-refractivity contribution in [2.24, 2.45) is 0 Å². The minimum atomic E-state index is -0.432. The van der Waals surface area contributed by atoms with Crippen molar-refractivity contribution >= 4 is 45.1 Å². The number of aromatic nitrogens is 1. The van der Waals surface area contributed by atoms with Crippen LogP contribution in [0.2, 0.25) is 5.02 Å². The Hall–Kier alpha value is -2.11. The lowest BCUT2D eigenvalue weighted by Crippen LogP contribution is -2.02. The molecule has 0 spiro atoms. The first-order chi connectivity index (χ1) is 11.1. The molecule has 0 N–H and O–H groups in total. The topological polar surface area (TPSA) is 52.3 Å². The van der Waals surface area contributed by atoms with Crippen LogP contribution >= 0.6 is 22.9 Å². The number of esters is 1. The lowest BCUT2D eigenvalue weighted by Gasteiger charge is -2.00. The molecule has 1 aromatic carbocycles. The number of hydrogen-bond donors (Lipinski definition) is 0. The van der Waals surface area contributed by atoms with Crippen LogP contribution in [0.1, 0.15) is 21.9 Å². The van der Waals surface area contributed by atoms with Crippen molar-refractivity contribution in [2.75, 3.05) is 0 Å². The Kier molecular flexibility index (Phi) is 4.50. The first kappa shape index (κ1) is 15.8. The van der Waals surface area contributed by atoms with Crippen LogP contribution in [0.15, 0.2) is 34.9 Å². The summed E-state index contributed by atoms with van der Waals surface area (Å²) in [6.45, 7) is 3.74. The highest BCUT2D eigenvalue weighted by atomic mass is 35.5. The van der Waals surface area contributed by atoms with Crippen molar-refractivity contribution in [1.82, 2.24) is 5.16 Å². The number of aryl methyl sites for hydroxylation is 2. The van der Waals surface area contributed by atoms with E-state index in [1.54, 1.807) is 13.0 Å². The summed E-state index contributed by atoms with van der Waals surface area (Å²) in [5.74, 6) is 0.227. The van der Waals surface area contributed by atoms with Crippen molar-refractivity contribution < 1.29 is 14.1 Å². The number of carbonyl (C=O) groups excluding carboxylic acids is 1. The van der Waals surface area contributed by atoms with E-state index in [0.29, 0.717) is 10.8 Å². The highest BCUT2D eigenvalue weighted by Crippen LogP contribution is 2.35. The van der Waals surface area contributed by atoms with Gasteiger partial charge in [0.25, 0.3) is 0 Å². The second-order valence-corrected chi connectivity index (χ2v) is 6.48. The molecule has 118 valence electrons. The first-order valence-corrected chi connectivity index (χ1v) is 8.19. The number of fused-ring (bicyclic) bond motifs is 1. The lowest BCUT2D eigenvalue weighted by atomic mass is 10.2. The van der Waals surface area contributed by atoms with Gasteiger partial charge >= 0.3 is 5.97 Å². The van der Waals surface area contributed by atoms with Crippen molar-refractivity contribution in [1.29, 1.82) is 0 Å². The average Bonchev–Trinajstić information content (AvgIpc) is 3.04. The molecule has 0 atom stereocenters. The van der Waals surface area contributed by atoms with Gasteiger partial charge in [-0.05, 0) is 26.0 Å². The van der Waals surface area contributed by atoms with Crippen LogP contribution in [0, 0.1) is 13.8 Å². The molecule has 0 saturated heterocycles. The van der Waals surface area contributed by atoms with Gasteiger partial charge in [-0.2, -0.15) is 0 Å². The molecule has 0 unspecified atom stereocenters. The maximum absolute atomic E-state index is 11.9. The van der Waals surface area contributed by atoms with E-state index in [-0.39, 0.29) is 6.61 Å². The molecule has 0 fully saturated rings. The number of rotatable bonds is 4. The number of benzene rings is 1. The predicted molar refractivity (Wildman–Crippen MR) is 91.6 cm³/mol. The fourth-order valence-corrected chi connectivity index (χ4v) is 3.58. The molecule has 3 aromatic rings. The third-order valence-corrected chi connectivity index (χ3v) is 5.13. The third kappa shape index (κ3) is 3.30. The molecule has 0 amide bonds. The summed E-state index contributed by atoms with van der Waals surface area (Å²) in [5, 5.41) is 5.47. The Morgan fingerprint density at radius 2 is 2.17 bits per heavy atom. The molecule has 0 aliphatic carbocycles. The van der Waals surface area contributed by atoms with Gasteiger partial charge in [-0.3, -0.25) is 0 Å². The van der Waals surface area contributed by atoms with E-state index in [4.69, 9.17) is 20.9 Å². The fourth-order valence-electron chi connectivity index (χ4n) is 2.18. The molecule has 0 saturated carbocycles. The van der Waals surface area contributed by atoms with Crippen molar-refractivity contribution in [2.45, 2.75) is 20.5 Å². The molecule has 0 bridgehead atoms. The highest BCUT2D eigenvalue weighted by Gasteiger charge is 2.11. The van der Waals surface area contributed by atoms with Gasteiger partial charge in [-0.25, -0.2) is 4.79 Å². The number of thiophene rings is 1. The van der Waals surface area contributed by atoms with Gasteiger partial charge in [-0.1, -0.05) is 35.0 Å². The maximum atomic E-state index is 11.9. The summed E-state index contributed by atoms with van der Waals surface area (Å²) in [6, 6.07) is 7.85. The van der Waals surface area contributed by atoms with Gasteiger partial charge in [0, 0.05) is 21.0 Å². The zero-order valence-corrected chi connectivity index (χ0v) is 14.2. The van der Waals surface area contributed by atoms with Crippen LogP contribution in [-0.4, -0.2) is 11.1 Å². The minimum Gasteiger partial charge on any atom is -0.457 e. The van der Waals surface area contributed by atoms with Gasteiger partial charge in [0.2, 0.25) is 0 Å². The van der Waals surface area contributed by atoms with Crippen molar-refractivity contribution in [3.8, 4) is 0 Å². The smallest absolute Gasteiger partial charge is 0.331 e. The zero-order chi connectivity index (χ0) is 16.4. The van der Waals surface area contributed by atoms with Crippen LogP contribution in [0.4, 0.5) is 0 Å². The summed E-state index contributed by atoms with van der Waals surface area (Å²) in [5.41, 5.74) is 1.53. The number of carbonyl (C=O) groups is 1. The number of nitrogens with zero attached hydrogens (tertiary/aromatic N) is 1. The van der Waals surface area contributed by atoms with Crippen molar-refractivity contribution in [3.05, 3.63) is 57.3 Å². The summed E-state index contributed by atoms with van der Waals surface area (Å²) in [6.07, 6.45) is 3.07. The van der Waals surface area contributed by atoms with E-state index in [1.165, 1.54) is 17.4 Å². The van der Waals surface area contributed by atoms with Crippen LogP contribution in [0.3, 0.4) is 0 Å². The summed E-state index contributed by atoms with van der Waals surface area (Å²) >= 11 is 7.86. The minimum absolute atomic E-state index is 0.143. The molecule has 4 nitrogen and oxygen atoms in total. The van der Waals surface area contributed by atoms with E-state index < -0.39 is 5.97 Å². The Morgan fingerprint density at radius 3 is 2.87 bits per heavy atom. The quantitative estimate of drug-likeness (QED) is 0.496. The average molecular weight is 348 g/mol. The van der Waals surface area contributed by atoms with Crippen LogP contribution < -0.4 is 0 Å². The summed E-state index contributed by atoms with van der Waals surface area (Å²) in [4.78, 5) is 12.7. The van der Waals surface area contributed by atoms with E-state index in [0.717, 1.165) is 26.2 Å². The number of halogens is 1. The molecular formula is C17H14ClNO3S. The van der Waals surface area contributed by atoms with Gasteiger partial charge < -0.3 is 9.26 Å². The van der Waals surface area contributed by atoms with E-state index in [9.17, 15) is 4.79 Å². The third-order valence-electron chi connectivity index (χ3n) is 3.47. The molecular weight excluding hydrogens is 334 g/mol. The Labute approximate surface area is 142 Å². The molecule has 2 aromatic heterocycles. The lowest BCUT2D eigenvalue weighted by molar-refractivity contribution is -0.138. The monoisotopic (exact) mass is 347 g/mol. The molecule has 0 aliphatic rings. The standard InChI is InChI=1S/C17H14ClNO3S/c1-10-13(11(2)22-19-10)9-21-16(20)8-7-15-17(18)12-5-3-4-6-14(12)23-15/h3-8H,9H2,1-2H3/b8-7+. The summed E-state index contributed by atoms with van der Waals surface area (Å²) in [7, 11) is 0. The normalized spacial score (nSPS) is 11.4. The predicted octanol–water partition coefficient (Wildman–Crippen LogP) is 4.92. The van der Waals surface area contributed by atoms with Crippen LogP contribution in [0.25, 0.3) is 16.2 Å². The van der Waals surface area contributed by atoms with Gasteiger partial charge in [-0.15, -0.1) is 11.3 Å². The zero-order valence-electron chi connectivity index (χ0n) is 12.6. The Balaban J connectivity index is 1.69. The SMILES string of the molecule is Cc1noc(C)c1COC(=O)/C=C/c1sc2ccccc2c1Cl. The molecule has 6 heteroatoms. The Morgan fingerprint density at radius 1 is 1.39 bits per heavy atom.